The highest BCUT2D eigenvalue weighted by Crippen LogP contribution is 2.45. The highest BCUT2D eigenvalue weighted by atomic mass is 19.4. The Morgan fingerprint density at radius 1 is 0.980 bits per heavy atom. The van der Waals surface area contributed by atoms with E-state index < -0.39 is 11.9 Å². The minimum absolute atomic E-state index is 0.163. The molecule has 1 saturated carbocycles. The molecule has 4 aromatic heterocycles. The van der Waals surface area contributed by atoms with Gasteiger partial charge in [0.25, 0.3) is 5.56 Å². The van der Waals surface area contributed by atoms with Crippen LogP contribution in [0.3, 0.4) is 0 Å². The molecule has 1 aliphatic carbocycles. The number of ether oxygens (including phenoxy) is 1. The van der Waals surface area contributed by atoms with Crippen molar-refractivity contribution < 1.29 is 17.9 Å². The van der Waals surface area contributed by atoms with Gasteiger partial charge in [0.05, 0.1) is 30.4 Å². The maximum absolute atomic E-state index is 13.7. The molecule has 0 bridgehead atoms. The van der Waals surface area contributed by atoms with Crippen LogP contribution in [0.1, 0.15) is 66.4 Å². The molecular weight excluding hydrogens is 649 g/mol. The Hall–Kier alpha value is -5.73. The van der Waals surface area contributed by atoms with Gasteiger partial charge in [0, 0.05) is 35.7 Å². The summed E-state index contributed by atoms with van der Waals surface area (Å²) in [5.41, 5.74) is 3.28. The average Bonchev–Trinajstić information content (AvgIpc) is 3.89. The summed E-state index contributed by atoms with van der Waals surface area (Å²) in [5.74, 6) is 1.64. The number of alkyl halides is 3. The van der Waals surface area contributed by atoms with Crippen molar-refractivity contribution in [3.8, 4) is 28.7 Å². The zero-order valence-corrected chi connectivity index (χ0v) is 27.1. The number of halogens is 3. The minimum atomic E-state index is -4.54. The highest BCUT2D eigenvalue weighted by Gasteiger charge is 2.36. The number of fused-ring (bicyclic) bond motifs is 4. The molecule has 1 N–H and O–H groups in total. The predicted molar refractivity (Wildman–Crippen MR) is 177 cm³/mol. The first kappa shape index (κ1) is 31.5. The summed E-state index contributed by atoms with van der Waals surface area (Å²) in [6.45, 7) is 2.43. The lowest BCUT2D eigenvalue weighted by Crippen LogP contribution is -2.26. The number of nitrogens with zero attached hydrogens (tertiary/aromatic N) is 9. The maximum atomic E-state index is 13.7. The fourth-order valence-corrected chi connectivity index (χ4v) is 6.60. The predicted octanol–water partition coefficient (Wildman–Crippen LogP) is 6.05. The Balaban J connectivity index is 1.21. The van der Waals surface area contributed by atoms with Gasteiger partial charge in [-0.15, -0.1) is 0 Å². The SMILES string of the molecule is COc1ncnc(C2CC2)c1-c1ncnc(N(Cc2ccc3c(c2)CC[C@@H](C)n2cc(C(F)(F)F)nc2-3)Cc2n[nH]c(=O)c3ccccc23)n1. The molecule has 1 atom stereocenters. The molecule has 2 aliphatic rings. The normalized spacial score (nSPS) is 15.7. The first-order chi connectivity index (χ1) is 24.2. The molecule has 15 heteroatoms. The van der Waals surface area contributed by atoms with Gasteiger partial charge in [-0.3, -0.25) is 4.79 Å². The molecule has 254 valence electrons. The summed E-state index contributed by atoms with van der Waals surface area (Å²) in [4.78, 5) is 41.4. The van der Waals surface area contributed by atoms with Crippen LogP contribution in [0, 0.1) is 0 Å². The number of benzene rings is 2. The highest BCUT2D eigenvalue weighted by molar-refractivity contribution is 5.83. The summed E-state index contributed by atoms with van der Waals surface area (Å²) in [7, 11) is 1.54. The first-order valence-corrected chi connectivity index (χ1v) is 16.3. The summed E-state index contributed by atoms with van der Waals surface area (Å²) < 4.78 is 48.2. The van der Waals surface area contributed by atoms with E-state index in [1.54, 1.807) is 23.8 Å². The Bertz CT molecular complexity index is 2300. The Kier molecular flexibility index (Phi) is 7.76. The van der Waals surface area contributed by atoms with Gasteiger partial charge < -0.3 is 14.2 Å². The molecule has 5 heterocycles. The fraction of sp³-hybridized carbons (Fsp3) is 0.314. The second-order valence-electron chi connectivity index (χ2n) is 12.7. The Morgan fingerprint density at radius 2 is 1.78 bits per heavy atom. The Morgan fingerprint density at radius 3 is 2.56 bits per heavy atom. The number of H-pyrrole nitrogens is 1. The second-order valence-corrected chi connectivity index (χ2v) is 12.7. The number of aromatic amines is 1. The molecule has 0 amide bonds. The van der Waals surface area contributed by atoms with Crippen molar-refractivity contribution in [2.24, 2.45) is 0 Å². The largest absolute Gasteiger partial charge is 0.480 e. The van der Waals surface area contributed by atoms with Crippen molar-refractivity contribution in [3.63, 3.8) is 0 Å². The number of aryl methyl sites for hydroxylation is 1. The third kappa shape index (κ3) is 5.81. The smallest absolute Gasteiger partial charge is 0.434 e. The van der Waals surface area contributed by atoms with Crippen LogP contribution in [0.5, 0.6) is 5.88 Å². The van der Waals surface area contributed by atoms with E-state index in [1.807, 2.05) is 42.2 Å². The number of anilines is 1. The van der Waals surface area contributed by atoms with Crippen LogP contribution in [0.15, 0.2) is 66.1 Å². The van der Waals surface area contributed by atoms with E-state index in [9.17, 15) is 18.0 Å². The maximum Gasteiger partial charge on any atom is 0.434 e. The molecule has 1 fully saturated rings. The van der Waals surface area contributed by atoms with Gasteiger partial charge in [-0.05, 0) is 49.8 Å². The van der Waals surface area contributed by atoms with Crippen molar-refractivity contribution in [1.82, 2.24) is 44.7 Å². The number of imidazole rings is 1. The van der Waals surface area contributed by atoms with Crippen molar-refractivity contribution in [3.05, 3.63) is 99.9 Å². The Labute approximate surface area is 283 Å². The van der Waals surface area contributed by atoms with E-state index in [-0.39, 0.29) is 24.1 Å². The van der Waals surface area contributed by atoms with Crippen molar-refractivity contribution in [2.45, 2.75) is 63.8 Å². The summed E-state index contributed by atoms with van der Waals surface area (Å²) in [6, 6.07) is 12.8. The molecule has 0 saturated heterocycles. The van der Waals surface area contributed by atoms with Crippen LogP contribution in [-0.2, 0) is 25.7 Å². The van der Waals surface area contributed by atoms with Gasteiger partial charge in [-0.25, -0.2) is 30.0 Å². The van der Waals surface area contributed by atoms with E-state index in [0.29, 0.717) is 70.5 Å². The zero-order valence-electron chi connectivity index (χ0n) is 27.1. The molecule has 50 heavy (non-hydrogen) atoms. The number of methoxy groups -OCH3 is 1. The number of hydrogen-bond donors (Lipinski definition) is 1. The summed E-state index contributed by atoms with van der Waals surface area (Å²) >= 11 is 0. The summed E-state index contributed by atoms with van der Waals surface area (Å²) in [5, 5.41) is 8.21. The van der Waals surface area contributed by atoms with Gasteiger partial charge in [-0.2, -0.15) is 23.3 Å². The van der Waals surface area contributed by atoms with E-state index in [1.165, 1.54) is 12.7 Å². The van der Waals surface area contributed by atoms with E-state index in [0.717, 1.165) is 35.9 Å². The number of rotatable bonds is 8. The zero-order chi connectivity index (χ0) is 34.6. The summed E-state index contributed by atoms with van der Waals surface area (Å²) in [6.07, 6.45) is 2.78. The second kappa shape index (κ2) is 12.3. The molecule has 6 aromatic rings. The molecule has 0 unspecified atom stereocenters. The third-order valence-electron chi connectivity index (χ3n) is 9.29. The van der Waals surface area contributed by atoms with Gasteiger partial charge in [-0.1, -0.05) is 36.4 Å². The molecular formula is C35H31F3N10O2. The lowest BCUT2D eigenvalue weighted by Gasteiger charge is -2.24. The molecule has 12 nitrogen and oxygen atoms in total. The topological polar surface area (TPSA) is 140 Å². The molecule has 0 spiro atoms. The van der Waals surface area contributed by atoms with Crippen LogP contribution in [0.4, 0.5) is 19.1 Å². The van der Waals surface area contributed by atoms with Crippen LogP contribution < -0.4 is 15.2 Å². The van der Waals surface area contributed by atoms with E-state index >= 15 is 0 Å². The van der Waals surface area contributed by atoms with Crippen LogP contribution in [-0.4, -0.2) is 51.8 Å². The van der Waals surface area contributed by atoms with E-state index in [4.69, 9.17) is 9.72 Å². The number of nitrogens with one attached hydrogen (secondary N) is 1. The van der Waals surface area contributed by atoms with Crippen LogP contribution in [0.25, 0.3) is 33.5 Å². The standard InChI is InChI=1S/C35H31F3N10O2/c1-19-7-9-22-13-20(8-12-23(22)31-43-27(16-48(19)31)35(36,37)38)14-47(15-26-24-5-3-4-6-25(24)32(49)46-45-26)34-42-18-40-30(44-34)28-29(21-10-11-21)39-17-41-33(28)50-2/h3-6,8,12-13,16-19,21H,7,9-11,14-15H2,1-2H3,(H,46,49)/t19-/m1/s1. The number of hydrogen-bond acceptors (Lipinski definition) is 10. The van der Waals surface area contributed by atoms with Gasteiger partial charge in [0.2, 0.25) is 11.8 Å². The van der Waals surface area contributed by atoms with Crippen molar-refractivity contribution >= 4 is 16.7 Å². The van der Waals surface area contributed by atoms with Gasteiger partial charge >= 0.3 is 6.18 Å². The van der Waals surface area contributed by atoms with Crippen LogP contribution >= 0.6 is 0 Å². The van der Waals surface area contributed by atoms with E-state index in [2.05, 4.69) is 35.1 Å². The molecule has 0 radical (unpaired) electrons. The van der Waals surface area contributed by atoms with Crippen molar-refractivity contribution in [2.75, 3.05) is 12.0 Å². The first-order valence-electron chi connectivity index (χ1n) is 16.3. The fourth-order valence-electron chi connectivity index (χ4n) is 6.60. The lowest BCUT2D eigenvalue weighted by atomic mass is 9.99. The van der Waals surface area contributed by atoms with Gasteiger partial charge in [0.1, 0.15) is 24.0 Å². The average molecular weight is 681 g/mol. The third-order valence-corrected chi connectivity index (χ3v) is 9.29. The quantitative estimate of drug-likeness (QED) is 0.202. The molecule has 2 aromatic carbocycles. The monoisotopic (exact) mass is 680 g/mol. The van der Waals surface area contributed by atoms with Gasteiger partial charge in [0.15, 0.2) is 11.5 Å². The lowest BCUT2D eigenvalue weighted by molar-refractivity contribution is -0.140. The van der Waals surface area contributed by atoms with Crippen LogP contribution in [0.2, 0.25) is 0 Å². The molecule has 1 aliphatic heterocycles. The number of aromatic nitrogens is 9. The minimum Gasteiger partial charge on any atom is -0.480 e. The molecule has 8 rings (SSSR count). The van der Waals surface area contributed by atoms with Crippen molar-refractivity contribution in [1.29, 1.82) is 0 Å².